The van der Waals surface area contributed by atoms with E-state index in [0.717, 1.165) is 7.05 Å². The molecule has 0 aliphatic rings. The summed E-state index contributed by atoms with van der Waals surface area (Å²) in [5.74, 6) is -0.291. The molecule has 0 fully saturated rings. The van der Waals surface area contributed by atoms with Gasteiger partial charge in [-0.15, -0.1) is 35.3 Å². The van der Waals surface area contributed by atoms with Crippen LogP contribution >= 0.6 is 35.3 Å². The predicted octanol–water partition coefficient (Wildman–Crippen LogP) is 2.83. The Kier molecular flexibility index (Phi) is 9.77. The third kappa shape index (κ3) is 8.75. The molecule has 2 N–H and O–H groups in total. The van der Waals surface area contributed by atoms with Crippen LogP contribution in [0.1, 0.15) is 18.7 Å². The van der Waals surface area contributed by atoms with E-state index in [9.17, 15) is 18.0 Å². The molecule has 25 heavy (non-hydrogen) atoms. The fraction of sp³-hybridized carbons (Fsp3) is 0.600. The zero-order valence-corrected chi connectivity index (χ0v) is 17.8. The minimum atomic E-state index is -4.41. The third-order valence-corrected chi connectivity index (χ3v) is 4.59. The number of halogens is 4. The van der Waals surface area contributed by atoms with Crippen LogP contribution in [0.4, 0.5) is 13.2 Å². The number of aliphatic imine (C=N–C) groups is 1. The summed E-state index contributed by atoms with van der Waals surface area (Å²) in [7, 11) is 2.66. The summed E-state index contributed by atoms with van der Waals surface area (Å²) in [6, 6.07) is 4.02. The second-order valence-corrected chi connectivity index (χ2v) is 6.95. The molecule has 0 aromatic carbocycles. The first-order valence-electron chi connectivity index (χ1n) is 7.34. The maximum absolute atomic E-state index is 12.3. The van der Waals surface area contributed by atoms with Gasteiger partial charge in [0, 0.05) is 30.9 Å². The lowest BCUT2D eigenvalue weighted by atomic mass is 9.91. The van der Waals surface area contributed by atoms with Crippen molar-refractivity contribution in [3.8, 4) is 0 Å². The van der Waals surface area contributed by atoms with Gasteiger partial charge in [-0.25, -0.2) is 0 Å². The quantitative estimate of drug-likeness (QED) is 0.365. The van der Waals surface area contributed by atoms with Gasteiger partial charge in [-0.2, -0.15) is 13.2 Å². The molecule has 1 aromatic heterocycles. The lowest BCUT2D eigenvalue weighted by Gasteiger charge is -2.25. The fourth-order valence-corrected chi connectivity index (χ4v) is 2.78. The summed E-state index contributed by atoms with van der Waals surface area (Å²) in [5, 5.41) is 7.83. The average molecular weight is 492 g/mol. The van der Waals surface area contributed by atoms with Crippen LogP contribution in [0.2, 0.25) is 0 Å². The maximum atomic E-state index is 12.3. The van der Waals surface area contributed by atoms with Gasteiger partial charge in [0.25, 0.3) is 0 Å². The van der Waals surface area contributed by atoms with Gasteiger partial charge in [0.05, 0.1) is 6.54 Å². The molecule has 1 aromatic rings. The average Bonchev–Trinajstić information content (AvgIpc) is 3.00. The number of nitrogens with zero attached hydrogens (tertiary/aromatic N) is 2. The Labute approximate surface area is 167 Å². The first-order valence-corrected chi connectivity index (χ1v) is 8.22. The summed E-state index contributed by atoms with van der Waals surface area (Å²) >= 11 is 1.65. The van der Waals surface area contributed by atoms with Gasteiger partial charge < -0.3 is 15.5 Å². The van der Waals surface area contributed by atoms with E-state index in [1.54, 1.807) is 11.3 Å². The van der Waals surface area contributed by atoms with Gasteiger partial charge in [0.1, 0.15) is 6.54 Å². The summed E-state index contributed by atoms with van der Waals surface area (Å²) in [6.45, 7) is 3.18. The van der Waals surface area contributed by atoms with Crippen LogP contribution in [-0.4, -0.2) is 56.7 Å². The summed E-state index contributed by atoms with van der Waals surface area (Å²) < 4.78 is 36.8. The largest absolute Gasteiger partial charge is 0.406 e. The standard InChI is InChI=1S/C15H23F3N4OS.HI/c1-14(2,11-6-5-7-24-11)9-21-13(19-3)20-8-12(23)22(4)10-15(16,17)18;/h5-7H,8-10H2,1-4H3,(H2,19,20,21);1H. The van der Waals surface area contributed by atoms with Crippen molar-refractivity contribution in [3.63, 3.8) is 0 Å². The van der Waals surface area contributed by atoms with E-state index in [0.29, 0.717) is 17.4 Å². The van der Waals surface area contributed by atoms with Crippen LogP contribution in [0.3, 0.4) is 0 Å². The summed E-state index contributed by atoms with van der Waals surface area (Å²) in [5.41, 5.74) is -0.136. The van der Waals surface area contributed by atoms with E-state index in [2.05, 4.69) is 29.5 Å². The topological polar surface area (TPSA) is 56.7 Å². The van der Waals surface area contributed by atoms with E-state index < -0.39 is 18.6 Å². The van der Waals surface area contributed by atoms with E-state index >= 15 is 0 Å². The number of likely N-dealkylation sites (N-methyl/N-ethyl adjacent to an activating group) is 1. The number of rotatable bonds is 6. The van der Waals surface area contributed by atoms with Crippen molar-refractivity contribution in [1.29, 1.82) is 0 Å². The minimum absolute atomic E-state index is 0. The van der Waals surface area contributed by atoms with Crippen molar-refractivity contribution in [2.45, 2.75) is 25.4 Å². The number of carbonyl (C=O) groups excluding carboxylic acids is 1. The molecule has 0 bridgehead atoms. The Balaban J connectivity index is 0.00000576. The van der Waals surface area contributed by atoms with E-state index in [-0.39, 0.29) is 35.9 Å². The summed E-state index contributed by atoms with van der Waals surface area (Å²) in [6.07, 6.45) is -4.41. The number of amides is 1. The number of alkyl halides is 3. The van der Waals surface area contributed by atoms with Crippen LogP contribution in [-0.2, 0) is 10.2 Å². The molecule has 0 aliphatic heterocycles. The monoisotopic (exact) mass is 492 g/mol. The molecule has 1 rings (SSSR count). The van der Waals surface area contributed by atoms with Crippen molar-refractivity contribution in [2.24, 2.45) is 4.99 Å². The highest BCUT2D eigenvalue weighted by atomic mass is 127. The van der Waals surface area contributed by atoms with E-state index in [4.69, 9.17) is 0 Å². The Morgan fingerprint density at radius 1 is 1.32 bits per heavy atom. The highest BCUT2D eigenvalue weighted by Gasteiger charge is 2.31. The number of hydrogen-bond acceptors (Lipinski definition) is 3. The molecule has 0 aliphatic carbocycles. The lowest BCUT2D eigenvalue weighted by Crippen LogP contribution is -2.47. The van der Waals surface area contributed by atoms with Gasteiger partial charge in [0.2, 0.25) is 5.91 Å². The van der Waals surface area contributed by atoms with Crippen LogP contribution in [0.5, 0.6) is 0 Å². The first kappa shape index (κ1) is 24.0. The number of carbonyl (C=O) groups is 1. The molecule has 1 amide bonds. The summed E-state index contributed by atoms with van der Waals surface area (Å²) in [4.78, 5) is 17.5. The first-order chi connectivity index (χ1) is 11.0. The Hall–Kier alpha value is -1.04. The van der Waals surface area contributed by atoms with Gasteiger partial charge in [-0.05, 0) is 11.4 Å². The van der Waals surface area contributed by atoms with Gasteiger partial charge in [0.15, 0.2) is 5.96 Å². The fourth-order valence-electron chi connectivity index (χ4n) is 1.93. The molecule has 0 unspecified atom stereocenters. The lowest BCUT2D eigenvalue weighted by molar-refractivity contribution is -0.157. The van der Waals surface area contributed by atoms with Crippen LogP contribution in [0, 0.1) is 0 Å². The van der Waals surface area contributed by atoms with Crippen molar-refractivity contribution < 1.29 is 18.0 Å². The van der Waals surface area contributed by atoms with Crippen LogP contribution in [0.25, 0.3) is 0 Å². The molecule has 0 saturated heterocycles. The zero-order chi connectivity index (χ0) is 18.4. The molecule has 5 nitrogen and oxygen atoms in total. The second-order valence-electron chi connectivity index (χ2n) is 6.01. The van der Waals surface area contributed by atoms with Crippen molar-refractivity contribution in [2.75, 3.05) is 33.7 Å². The van der Waals surface area contributed by atoms with E-state index in [1.165, 1.54) is 11.9 Å². The molecule has 0 spiro atoms. The van der Waals surface area contributed by atoms with E-state index in [1.807, 2.05) is 17.5 Å². The number of hydrogen-bond donors (Lipinski definition) is 2. The van der Waals surface area contributed by atoms with Gasteiger partial charge in [-0.3, -0.25) is 9.79 Å². The third-order valence-electron chi connectivity index (χ3n) is 3.36. The molecule has 144 valence electrons. The Bertz CT molecular complexity index is 562. The molecular formula is C15H24F3IN4OS. The van der Waals surface area contributed by atoms with Crippen molar-refractivity contribution in [3.05, 3.63) is 22.4 Å². The number of thiophene rings is 1. The highest BCUT2D eigenvalue weighted by Crippen LogP contribution is 2.26. The predicted molar refractivity (Wildman–Crippen MR) is 106 cm³/mol. The zero-order valence-electron chi connectivity index (χ0n) is 14.6. The van der Waals surface area contributed by atoms with Crippen molar-refractivity contribution in [1.82, 2.24) is 15.5 Å². The molecule has 0 saturated carbocycles. The molecule has 0 radical (unpaired) electrons. The molecule has 0 atom stereocenters. The number of guanidine groups is 1. The van der Waals surface area contributed by atoms with Gasteiger partial charge >= 0.3 is 6.18 Å². The molecular weight excluding hydrogens is 468 g/mol. The normalized spacial score (nSPS) is 12.4. The van der Waals surface area contributed by atoms with Crippen molar-refractivity contribution >= 4 is 47.2 Å². The maximum Gasteiger partial charge on any atom is 0.406 e. The number of nitrogens with one attached hydrogen (secondary N) is 2. The molecule has 1 heterocycles. The van der Waals surface area contributed by atoms with Crippen LogP contribution in [0.15, 0.2) is 22.5 Å². The smallest absolute Gasteiger partial charge is 0.356 e. The molecule has 10 heteroatoms. The Morgan fingerprint density at radius 2 is 1.96 bits per heavy atom. The van der Waals surface area contributed by atoms with Gasteiger partial charge in [-0.1, -0.05) is 19.9 Å². The Morgan fingerprint density at radius 3 is 2.44 bits per heavy atom. The second kappa shape index (κ2) is 10.2. The van der Waals surface area contributed by atoms with Crippen LogP contribution < -0.4 is 10.6 Å². The highest BCUT2D eigenvalue weighted by molar-refractivity contribution is 14.0. The SMILES string of the molecule is CN=C(NCC(=O)N(C)CC(F)(F)F)NCC(C)(C)c1cccs1.I. The minimum Gasteiger partial charge on any atom is -0.356 e.